The van der Waals surface area contributed by atoms with Crippen LogP contribution in [0.5, 0.6) is 11.5 Å². The number of hydrogen-bond acceptors (Lipinski definition) is 4. The van der Waals surface area contributed by atoms with Crippen LogP contribution in [0, 0.1) is 23.6 Å². The van der Waals surface area contributed by atoms with Gasteiger partial charge in [0.2, 0.25) is 0 Å². The second-order valence-electron chi connectivity index (χ2n) is 10.8. The lowest BCUT2D eigenvalue weighted by molar-refractivity contribution is -0.230. The summed E-state index contributed by atoms with van der Waals surface area (Å²) < 4.78 is 89.5. The van der Waals surface area contributed by atoms with Crippen LogP contribution in [0.4, 0.5) is 22.0 Å². The molecule has 2 fully saturated rings. The lowest BCUT2D eigenvalue weighted by Gasteiger charge is -2.37. The molecule has 0 bridgehead atoms. The minimum absolute atomic E-state index is 0.00700. The zero-order valence-corrected chi connectivity index (χ0v) is 23.2. The van der Waals surface area contributed by atoms with Gasteiger partial charge in [-0.3, -0.25) is 0 Å². The molecule has 1 saturated carbocycles. The Morgan fingerprint density at radius 3 is 2.24 bits per heavy atom. The fourth-order valence-corrected chi connectivity index (χ4v) is 5.48. The Morgan fingerprint density at radius 2 is 1.61 bits per heavy atom. The van der Waals surface area contributed by atoms with Crippen LogP contribution in [0.1, 0.15) is 69.4 Å². The van der Waals surface area contributed by atoms with Crippen LogP contribution >= 0.6 is 0 Å². The fraction of sp³-hybridized carbons (Fsp3) is 0.500. The second-order valence-corrected chi connectivity index (χ2v) is 10.8. The van der Waals surface area contributed by atoms with E-state index in [0.717, 1.165) is 88.8 Å². The van der Waals surface area contributed by atoms with Crippen LogP contribution in [-0.2, 0) is 15.6 Å². The molecule has 41 heavy (non-hydrogen) atoms. The number of rotatable bonds is 12. The molecule has 0 spiro atoms. The predicted molar refractivity (Wildman–Crippen MR) is 146 cm³/mol. The van der Waals surface area contributed by atoms with E-state index in [4.69, 9.17) is 9.47 Å². The number of benzene rings is 2. The van der Waals surface area contributed by atoms with E-state index in [1.807, 2.05) is 6.08 Å². The molecule has 0 amide bonds. The minimum atomic E-state index is -3.94. The third kappa shape index (κ3) is 9.30. The summed E-state index contributed by atoms with van der Waals surface area (Å²) in [5.74, 6) is 0.228. The average Bonchev–Trinajstić information content (AvgIpc) is 2.95. The summed E-state index contributed by atoms with van der Waals surface area (Å²) in [5.41, 5.74) is -0.422. The molecule has 0 atom stereocenters. The molecule has 2 aromatic carbocycles. The van der Waals surface area contributed by atoms with Gasteiger partial charge in [-0.05, 0) is 92.8 Å². The summed E-state index contributed by atoms with van der Waals surface area (Å²) >= 11 is 0. The van der Waals surface area contributed by atoms with E-state index >= 15 is 0 Å². The smallest absolute Gasteiger partial charge is 0.429 e. The van der Waals surface area contributed by atoms with Crippen molar-refractivity contribution in [3.8, 4) is 11.5 Å². The third-order valence-electron chi connectivity index (χ3n) is 7.68. The fourth-order valence-electron chi connectivity index (χ4n) is 5.48. The summed E-state index contributed by atoms with van der Waals surface area (Å²) in [7, 11) is 0. The van der Waals surface area contributed by atoms with Crippen LogP contribution < -0.4 is 9.47 Å². The Hall–Kier alpha value is -2.91. The highest BCUT2D eigenvalue weighted by atomic mass is 19.3. The molecule has 4 nitrogen and oxygen atoms in total. The van der Waals surface area contributed by atoms with E-state index in [2.05, 4.69) is 16.4 Å². The normalized spacial score (nSPS) is 23.4. The van der Waals surface area contributed by atoms with Crippen LogP contribution in [0.15, 0.2) is 60.9 Å². The second kappa shape index (κ2) is 14.8. The topological polar surface area (TPSA) is 36.9 Å². The molecule has 0 N–H and O–H groups in total. The quantitative estimate of drug-likeness (QED) is 0.185. The van der Waals surface area contributed by atoms with E-state index in [9.17, 15) is 22.0 Å². The van der Waals surface area contributed by atoms with Crippen molar-refractivity contribution in [2.75, 3.05) is 13.2 Å². The van der Waals surface area contributed by atoms with Gasteiger partial charge in [0.05, 0.1) is 18.8 Å². The Labute approximate surface area is 238 Å². The Morgan fingerprint density at radius 1 is 0.927 bits per heavy atom. The first-order valence-electron chi connectivity index (χ1n) is 14.3. The molecule has 1 aliphatic heterocycles. The van der Waals surface area contributed by atoms with Crippen LogP contribution in [0.3, 0.4) is 0 Å². The molecule has 4 rings (SSSR count). The lowest BCUT2D eigenvalue weighted by atomic mass is 9.79. The number of alkyl halides is 2. The number of allylic oxidation sites excluding steroid dienone is 1. The monoisotopic (exact) mass is 580 g/mol. The van der Waals surface area contributed by atoms with Crippen LogP contribution in [0.25, 0.3) is 6.08 Å². The molecule has 9 heteroatoms. The first-order chi connectivity index (χ1) is 19.7. The van der Waals surface area contributed by atoms with E-state index in [1.54, 1.807) is 6.08 Å². The van der Waals surface area contributed by atoms with E-state index in [1.165, 1.54) is 18.2 Å². The van der Waals surface area contributed by atoms with Gasteiger partial charge in [-0.1, -0.05) is 31.6 Å². The van der Waals surface area contributed by atoms with Gasteiger partial charge in [0.15, 0.2) is 12.6 Å². The van der Waals surface area contributed by atoms with Gasteiger partial charge in [-0.25, -0.2) is 4.39 Å². The SMILES string of the molecule is CCCC1COC(C2CCC(CCC=Cc3ccc(C(F)(F)Oc4ccc(OC=C(F)F)cc4)c(F)c3)CC2)OC1. The van der Waals surface area contributed by atoms with Gasteiger partial charge in [-0.15, -0.1) is 0 Å². The number of hydrogen-bond donors (Lipinski definition) is 0. The summed E-state index contributed by atoms with van der Waals surface area (Å²) in [5, 5.41) is 0. The molecule has 2 aromatic rings. The molecular formula is C32H37F5O4. The molecule has 1 saturated heterocycles. The maximum Gasteiger partial charge on any atom is 0.429 e. The zero-order chi connectivity index (χ0) is 29.2. The van der Waals surface area contributed by atoms with Crippen molar-refractivity contribution in [2.45, 2.75) is 70.7 Å². The van der Waals surface area contributed by atoms with Crippen molar-refractivity contribution >= 4 is 6.08 Å². The van der Waals surface area contributed by atoms with Crippen molar-refractivity contribution in [3.63, 3.8) is 0 Å². The highest BCUT2D eigenvalue weighted by Crippen LogP contribution is 2.37. The third-order valence-corrected chi connectivity index (χ3v) is 7.68. The predicted octanol–water partition coefficient (Wildman–Crippen LogP) is 9.46. The maximum atomic E-state index is 14.7. The van der Waals surface area contributed by atoms with Crippen LogP contribution in [0.2, 0.25) is 0 Å². The van der Waals surface area contributed by atoms with Gasteiger partial charge < -0.3 is 18.9 Å². The Balaban J connectivity index is 1.21. The number of halogens is 5. The molecule has 0 unspecified atom stereocenters. The van der Waals surface area contributed by atoms with Crippen molar-refractivity contribution in [1.29, 1.82) is 0 Å². The molecule has 224 valence electrons. The Bertz CT molecular complexity index is 1150. The maximum absolute atomic E-state index is 14.7. The summed E-state index contributed by atoms with van der Waals surface area (Å²) in [6.07, 6.45) is 6.43. The van der Waals surface area contributed by atoms with Crippen molar-refractivity contribution < 1.29 is 40.9 Å². The van der Waals surface area contributed by atoms with E-state index in [0.29, 0.717) is 23.3 Å². The largest absolute Gasteiger partial charge is 0.459 e. The molecule has 0 aromatic heterocycles. The van der Waals surface area contributed by atoms with Crippen LogP contribution in [-0.4, -0.2) is 19.5 Å². The molecule has 1 aliphatic carbocycles. The van der Waals surface area contributed by atoms with Crippen molar-refractivity contribution in [1.82, 2.24) is 0 Å². The van der Waals surface area contributed by atoms with Crippen molar-refractivity contribution in [3.05, 3.63) is 77.8 Å². The summed E-state index contributed by atoms with van der Waals surface area (Å²) in [4.78, 5) is 0. The van der Waals surface area contributed by atoms with Gasteiger partial charge >= 0.3 is 12.2 Å². The summed E-state index contributed by atoms with van der Waals surface area (Å²) in [6, 6.07) is 8.08. The Kier molecular flexibility index (Phi) is 11.2. The summed E-state index contributed by atoms with van der Waals surface area (Å²) in [6.45, 7) is 3.77. The lowest BCUT2D eigenvalue weighted by Crippen LogP contribution is -2.38. The number of ether oxygens (including phenoxy) is 4. The first-order valence-corrected chi connectivity index (χ1v) is 14.3. The standard InChI is InChI=1S/C32H37F5O4/c1-2-5-24-19-39-31(40-20-24)25-11-8-22(9-12-25)6-3-4-7-23-10-17-28(29(33)18-23)32(36,37)41-27-15-13-26(14-16-27)38-21-30(34)35/h4,7,10,13-18,21-22,24-25,31H,2-3,5-6,8-9,11-12,19-20H2,1H3. The molecule has 0 radical (unpaired) electrons. The average molecular weight is 581 g/mol. The van der Waals surface area contributed by atoms with E-state index < -0.39 is 23.6 Å². The van der Waals surface area contributed by atoms with Crippen molar-refractivity contribution in [2.24, 2.45) is 17.8 Å². The van der Waals surface area contributed by atoms with Gasteiger partial charge in [0, 0.05) is 11.8 Å². The highest BCUT2D eigenvalue weighted by Gasteiger charge is 2.37. The first kappa shape index (κ1) is 31.0. The van der Waals surface area contributed by atoms with Gasteiger partial charge in [0.1, 0.15) is 17.3 Å². The highest BCUT2D eigenvalue weighted by molar-refractivity contribution is 5.50. The minimum Gasteiger partial charge on any atom is -0.459 e. The zero-order valence-electron chi connectivity index (χ0n) is 23.2. The van der Waals surface area contributed by atoms with Gasteiger partial charge in [0.25, 0.3) is 0 Å². The van der Waals surface area contributed by atoms with E-state index in [-0.39, 0.29) is 24.1 Å². The molecule has 2 aliphatic rings. The van der Waals surface area contributed by atoms with Gasteiger partial charge in [-0.2, -0.15) is 17.6 Å². The molecular weight excluding hydrogens is 543 g/mol. The molecule has 1 heterocycles.